The number of carbonyl (C=O) groups excluding carboxylic acids is 3. The first-order valence-electron chi connectivity index (χ1n) is 17.6. The summed E-state index contributed by atoms with van der Waals surface area (Å²) < 4.78 is 70.1. The molecule has 2 rings (SSSR count). The van der Waals surface area contributed by atoms with Crippen LogP contribution < -0.4 is 5.32 Å². The molecule has 308 valence electrons. The van der Waals surface area contributed by atoms with E-state index in [-0.39, 0.29) is 13.1 Å². The maximum atomic E-state index is 13.1. The molecule has 0 aromatic heterocycles. The molecule has 0 bridgehead atoms. The van der Waals surface area contributed by atoms with Gasteiger partial charge in [-0.05, 0) is 117 Å². The lowest BCUT2D eigenvalue weighted by Crippen LogP contribution is -2.36. The molecule has 2 aromatic rings. The van der Waals surface area contributed by atoms with E-state index in [9.17, 15) is 31.9 Å². The molecule has 0 aliphatic rings. The Morgan fingerprint density at radius 3 is 1.42 bits per heavy atom. The molecule has 0 unspecified atom stereocenters. The highest BCUT2D eigenvalue weighted by atomic mass is 19.2. The number of benzene rings is 2. The number of rotatable bonds is 9. The Balaban J connectivity index is 0. The number of ether oxygens (including phenoxy) is 4. The Morgan fingerprint density at radius 1 is 0.655 bits per heavy atom. The Morgan fingerprint density at radius 2 is 1.07 bits per heavy atom. The van der Waals surface area contributed by atoms with Gasteiger partial charge < -0.3 is 29.2 Å². The molecule has 0 saturated carbocycles. The highest BCUT2D eigenvalue weighted by Crippen LogP contribution is 2.15. The van der Waals surface area contributed by atoms with Crippen LogP contribution in [-0.2, 0) is 32.0 Å². The first-order chi connectivity index (χ1) is 25.3. The molecule has 0 heterocycles. The molecule has 1 N–H and O–H groups in total. The molecule has 0 spiro atoms. The van der Waals surface area contributed by atoms with Crippen LogP contribution in [0.2, 0.25) is 0 Å². The summed E-state index contributed by atoms with van der Waals surface area (Å²) in [5.74, 6) is 1.16. The molecule has 10 nitrogen and oxygen atoms in total. The fourth-order valence-electron chi connectivity index (χ4n) is 3.69. The van der Waals surface area contributed by atoms with Gasteiger partial charge in [0.25, 0.3) is 0 Å². The Labute approximate surface area is 325 Å². The monoisotopic (exact) mass is 781 g/mol. The molecule has 0 radical (unpaired) electrons. The van der Waals surface area contributed by atoms with E-state index in [1.54, 1.807) is 62.3 Å². The van der Waals surface area contributed by atoms with Gasteiger partial charge in [0.2, 0.25) is 0 Å². The summed E-state index contributed by atoms with van der Waals surface area (Å²) in [6.45, 7) is 26.3. The third kappa shape index (κ3) is 28.3. The van der Waals surface area contributed by atoms with Crippen LogP contribution in [0.1, 0.15) is 94.2 Å². The van der Waals surface area contributed by atoms with Crippen molar-refractivity contribution in [3.05, 3.63) is 70.8 Å². The van der Waals surface area contributed by atoms with Gasteiger partial charge in [0.1, 0.15) is 16.8 Å². The zero-order chi connectivity index (χ0) is 43.0. The number of nitrogens with one attached hydrogen (secondary N) is 1. The highest BCUT2D eigenvalue weighted by Gasteiger charge is 2.25. The molecular weight excluding hydrogens is 722 g/mol. The number of amides is 1. The van der Waals surface area contributed by atoms with Crippen molar-refractivity contribution >= 4 is 18.4 Å². The Hall–Kier alpha value is -4.79. The van der Waals surface area contributed by atoms with Crippen molar-refractivity contribution in [3.63, 3.8) is 0 Å². The van der Waals surface area contributed by atoms with Crippen molar-refractivity contribution < 1.29 is 50.9 Å². The molecular formula is C41H59F4N3O7. The van der Waals surface area contributed by atoms with Gasteiger partial charge >= 0.3 is 18.4 Å². The van der Waals surface area contributed by atoms with Gasteiger partial charge in [0.15, 0.2) is 23.3 Å². The van der Waals surface area contributed by atoms with Gasteiger partial charge in [-0.1, -0.05) is 44.7 Å². The summed E-state index contributed by atoms with van der Waals surface area (Å²) in [5, 5.41) is 2.87. The molecule has 0 fully saturated rings. The number of halogens is 4. The quantitative estimate of drug-likeness (QED) is 0.0666. The first-order valence-corrected chi connectivity index (χ1v) is 17.6. The van der Waals surface area contributed by atoms with Crippen LogP contribution in [0.3, 0.4) is 0 Å². The van der Waals surface area contributed by atoms with Gasteiger partial charge in [-0.3, -0.25) is 4.90 Å². The summed E-state index contributed by atoms with van der Waals surface area (Å²) in [6, 6.07) is 7.20. The Kier molecular flexibility index (Phi) is 24.8. The predicted octanol–water partition coefficient (Wildman–Crippen LogP) is 9.24. The van der Waals surface area contributed by atoms with Gasteiger partial charge in [-0.25, -0.2) is 31.9 Å². The molecule has 1 amide bonds. The van der Waals surface area contributed by atoms with E-state index >= 15 is 0 Å². The maximum absolute atomic E-state index is 13.1. The van der Waals surface area contributed by atoms with Crippen molar-refractivity contribution in [1.82, 2.24) is 15.1 Å². The van der Waals surface area contributed by atoms with Crippen LogP contribution in [0, 0.1) is 48.0 Å². The third-order valence-corrected chi connectivity index (χ3v) is 6.12. The van der Waals surface area contributed by atoms with Crippen LogP contribution in [0.4, 0.5) is 31.9 Å². The van der Waals surface area contributed by atoms with Crippen molar-refractivity contribution in [2.75, 3.05) is 32.7 Å². The number of hydrogen-bond acceptors (Lipinski definition) is 9. The number of carbonyl (C=O) groups is 3. The van der Waals surface area contributed by atoms with Crippen LogP contribution in [-0.4, -0.2) is 77.7 Å². The van der Waals surface area contributed by atoms with E-state index in [0.29, 0.717) is 24.2 Å². The molecule has 2 aromatic carbocycles. The van der Waals surface area contributed by atoms with E-state index in [4.69, 9.17) is 27.1 Å². The van der Waals surface area contributed by atoms with Gasteiger partial charge in [0.05, 0.1) is 19.6 Å². The van der Waals surface area contributed by atoms with Crippen LogP contribution in [0.15, 0.2) is 36.4 Å². The average Bonchev–Trinajstić information content (AvgIpc) is 3.03. The molecule has 55 heavy (non-hydrogen) atoms. The van der Waals surface area contributed by atoms with Crippen LogP contribution in [0.25, 0.3) is 0 Å². The minimum atomic E-state index is -1.06. The average molecular weight is 782 g/mol. The summed E-state index contributed by atoms with van der Waals surface area (Å²) in [4.78, 5) is 37.6. The second-order valence-corrected chi connectivity index (χ2v) is 14.5. The number of terminal acetylenes is 2. The zero-order valence-electron chi connectivity index (χ0n) is 34.3. The minimum absolute atomic E-state index is 0.0217. The fraction of sp³-hybridized carbons (Fsp3) is 0.537. The van der Waals surface area contributed by atoms with Gasteiger partial charge in [-0.2, -0.15) is 0 Å². The van der Waals surface area contributed by atoms with Crippen LogP contribution >= 0.6 is 0 Å². The van der Waals surface area contributed by atoms with E-state index in [1.807, 2.05) is 0 Å². The van der Waals surface area contributed by atoms with E-state index in [0.717, 1.165) is 24.3 Å². The lowest BCUT2D eigenvalue weighted by Gasteiger charge is -2.26. The zero-order valence-corrected chi connectivity index (χ0v) is 34.3. The summed E-state index contributed by atoms with van der Waals surface area (Å²) in [5.41, 5.74) is -0.935. The normalized spacial score (nSPS) is 10.7. The highest BCUT2D eigenvalue weighted by molar-refractivity contribution is 5.77. The standard InChI is InChI=1S/C15H17F2NO2.C10H9F2N.C10H18O5.C6H15N/c1-5-8-18(14(19)20-15(2,3)4)10-11-6-7-12(16)13(17)9-11;1-2-5-13-7-8-3-4-9(11)10(12)6-8;1-9(2,3)14-7(11)13-8(12)15-10(4,5)6;1-4-7(5-2)6-3/h1,6-7,9H,8,10H2,2-4H3;1,3-4,6,13H,5,7H2;1-6H3;4-6H2,1-3H3. The predicted molar refractivity (Wildman–Crippen MR) is 206 cm³/mol. The topological polar surface area (TPSA) is 107 Å². The lowest BCUT2D eigenvalue weighted by atomic mass is 10.2. The molecule has 14 heteroatoms. The summed E-state index contributed by atoms with van der Waals surface area (Å²) in [7, 11) is 0. The smallest absolute Gasteiger partial charge is 0.444 e. The van der Waals surface area contributed by atoms with E-state index in [2.05, 4.69) is 47.6 Å². The third-order valence-electron chi connectivity index (χ3n) is 6.12. The van der Waals surface area contributed by atoms with Crippen LogP contribution in [0.5, 0.6) is 0 Å². The first kappa shape index (κ1) is 52.3. The van der Waals surface area contributed by atoms with Gasteiger partial charge in [0, 0.05) is 6.54 Å². The fourth-order valence-corrected chi connectivity index (χ4v) is 3.69. The lowest BCUT2D eigenvalue weighted by molar-refractivity contribution is -0.0294. The van der Waals surface area contributed by atoms with E-state index in [1.165, 1.54) is 36.7 Å². The molecule has 0 aliphatic carbocycles. The Bertz CT molecular complexity index is 1520. The van der Waals surface area contributed by atoms with Crippen molar-refractivity contribution in [3.8, 4) is 24.7 Å². The summed E-state index contributed by atoms with van der Waals surface area (Å²) >= 11 is 0. The van der Waals surface area contributed by atoms with Crippen molar-refractivity contribution in [2.24, 2.45) is 0 Å². The second-order valence-electron chi connectivity index (χ2n) is 14.5. The number of nitrogens with zero attached hydrogens (tertiary/aromatic N) is 2. The largest absolute Gasteiger partial charge is 0.519 e. The van der Waals surface area contributed by atoms with Gasteiger partial charge in [-0.15, -0.1) is 12.8 Å². The maximum Gasteiger partial charge on any atom is 0.519 e. The van der Waals surface area contributed by atoms with Crippen molar-refractivity contribution in [2.45, 2.75) is 113 Å². The molecule has 0 saturated heterocycles. The molecule has 0 atom stereocenters. The SMILES string of the molecule is C#CCN(Cc1ccc(F)c(F)c1)C(=O)OC(C)(C)C.C#CCNCc1ccc(F)c(F)c1.CC(C)(C)OC(=O)OC(=O)OC(C)(C)C.CCN(CC)CC. The number of hydrogen-bond donors (Lipinski definition) is 1. The van der Waals surface area contributed by atoms with Crippen molar-refractivity contribution in [1.29, 1.82) is 0 Å². The second kappa shape index (κ2) is 26.1. The van der Waals surface area contributed by atoms with E-state index < -0.39 is 58.5 Å². The molecule has 0 aliphatic heterocycles. The summed E-state index contributed by atoms with van der Waals surface area (Å²) in [6.07, 6.45) is 7.49. The minimum Gasteiger partial charge on any atom is -0.444 e.